The fraction of sp³-hybridized carbons (Fsp3) is 0.240. The van der Waals surface area contributed by atoms with Crippen LogP contribution in [0.25, 0.3) is 22.3 Å². The Labute approximate surface area is 192 Å². The fourth-order valence-corrected chi connectivity index (χ4v) is 3.94. The van der Waals surface area contributed by atoms with Gasteiger partial charge in [-0.05, 0) is 35.4 Å². The Morgan fingerprint density at radius 1 is 1.15 bits per heavy atom. The van der Waals surface area contributed by atoms with Gasteiger partial charge in [-0.15, -0.1) is 0 Å². The van der Waals surface area contributed by atoms with Crippen LogP contribution in [-0.2, 0) is 4.74 Å². The number of hydrogen-bond acceptors (Lipinski definition) is 7. The van der Waals surface area contributed by atoms with Gasteiger partial charge in [0, 0.05) is 42.8 Å². The molecule has 8 heteroatoms. The third kappa shape index (κ3) is 4.80. The predicted octanol–water partition coefficient (Wildman–Crippen LogP) is 4.35. The summed E-state index contributed by atoms with van der Waals surface area (Å²) in [7, 11) is 0. The molecule has 1 aliphatic rings. The van der Waals surface area contributed by atoms with Crippen LogP contribution in [0.1, 0.15) is 18.1 Å². The van der Waals surface area contributed by atoms with E-state index < -0.39 is 0 Å². The molecule has 1 unspecified atom stereocenters. The Bertz CT molecular complexity index is 1270. The molecule has 33 heavy (non-hydrogen) atoms. The van der Waals surface area contributed by atoms with Crippen molar-refractivity contribution in [2.24, 2.45) is 0 Å². The lowest BCUT2D eigenvalue weighted by Gasteiger charge is -2.24. The van der Waals surface area contributed by atoms with E-state index in [9.17, 15) is 0 Å². The van der Waals surface area contributed by atoms with Crippen LogP contribution < -0.4 is 16.0 Å². The van der Waals surface area contributed by atoms with E-state index in [0.717, 1.165) is 58.9 Å². The van der Waals surface area contributed by atoms with Crippen molar-refractivity contribution in [3.05, 3.63) is 66.5 Å². The molecule has 1 fully saturated rings. The molecule has 2 aromatic carbocycles. The molecule has 1 saturated heterocycles. The number of anilines is 3. The highest BCUT2D eigenvalue weighted by atomic mass is 16.5. The van der Waals surface area contributed by atoms with Gasteiger partial charge in [-0.3, -0.25) is 0 Å². The van der Waals surface area contributed by atoms with Crippen LogP contribution in [-0.4, -0.2) is 41.2 Å². The molecule has 0 aliphatic carbocycles. The van der Waals surface area contributed by atoms with Gasteiger partial charge in [0.05, 0.1) is 31.4 Å². The van der Waals surface area contributed by atoms with E-state index >= 15 is 0 Å². The largest absolute Gasteiger partial charge is 0.384 e. The van der Waals surface area contributed by atoms with Gasteiger partial charge in [0.25, 0.3) is 0 Å². The Morgan fingerprint density at radius 3 is 2.88 bits per heavy atom. The molecule has 8 nitrogen and oxygen atoms in total. The Kier molecular flexibility index (Phi) is 6.15. The van der Waals surface area contributed by atoms with Crippen LogP contribution in [0, 0.1) is 11.3 Å². The minimum absolute atomic E-state index is 0.0940. The molecule has 0 saturated carbocycles. The van der Waals surface area contributed by atoms with Crippen LogP contribution in [0.2, 0.25) is 0 Å². The molecule has 0 amide bonds. The van der Waals surface area contributed by atoms with E-state index in [-0.39, 0.29) is 6.10 Å². The monoisotopic (exact) mass is 439 g/mol. The number of nitrogens with one attached hydrogen (secondary N) is 4. The summed E-state index contributed by atoms with van der Waals surface area (Å²) in [4.78, 5) is 12.6. The first-order chi connectivity index (χ1) is 16.3. The van der Waals surface area contributed by atoms with Crippen LogP contribution in [0.4, 0.5) is 17.2 Å². The van der Waals surface area contributed by atoms with Gasteiger partial charge >= 0.3 is 0 Å². The maximum atomic E-state index is 8.75. The number of nitrogens with zero attached hydrogens (tertiary/aromatic N) is 3. The van der Waals surface area contributed by atoms with Gasteiger partial charge in [-0.25, -0.2) is 9.97 Å². The number of morpholine rings is 1. The highest BCUT2D eigenvalue weighted by molar-refractivity contribution is 5.91. The Morgan fingerprint density at radius 2 is 2.06 bits per heavy atom. The number of aromatic amines is 1. The van der Waals surface area contributed by atoms with E-state index in [4.69, 9.17) is 15.0 Å². The fourth-order valence-electron chi connectivity index (χ4n) is 3.94. The molecule has 1 atom stereocenters. The zero-order chi connectivity index (χ0) is 22.5. The van der Waals surface area contributed by atoms with Crippen molar-refractivity contribution in [2.75, 3.05) is 36.9 Å². The number of nitriles is 1. The second kappa shape index (κ2) is 9.69. The summed E-state index contributed by atoms with van der Waals surface area (Å²) < 4.78 is 5.82. The lowest BCUT2D eigenvalue weighted by Crippen LogP contribution is -2.33. The summed E-state index contributed by atoms with van der Waals surface area (Å²) in [6.45, 7) is 3.09. The summed E-state index contributed by atoms with van der Waals surface area (Å²) in [5, 5.41) is 18.7. The van der Waals surface area contributed by atoms with E-state index in [2.05, 4.69) is 50.2 Å². The maximum absolute atomic E-state index is 8.75. The molecule has 0 radical (unpaired) electrons. The Hall–Kier alpha value is -3.93. The number of rotatable bonds is 7. The average Bonchev–Trinajstić information content (AvgIpc) is 3.29. The summed E-state index contributed by atoms with van der Waals surface area (Å²) in [6, 6.07) is 18.5. The normalized spacial score (nSPS) is 15.8. The number of hydrogen-bond donors (Lipinski definition) is 4. The number of aromatic nitrogens is 3. The predicted molar refractivity (Wildman–Crippen MR) is 129 cm³/mol. The van der Waals surface area contributed by atoms with Crippen molar-refractivity contribution in [2.45, 2.75) is 12.5 Å². The molecule has 1 aliphatic heterocycles. The first kappa shape index (κ1) is 20.9. The zero-order valence-corrected chi connectivity index (χ0v) is 18.1. The van der Waals surface area contributed by atoms with Crippen molar-refractivity contribution in [1.29, 1.82) is 5.26 Å². The minimum Gasteiger partial charge on any atom is -0.384 e. The third-order valence-corrected chi connectivity index (χ3v) is 5.60. The van der Waals surface area contributed by atoms with Gasteiger partial charge in [-0.1, -0.05) is 24.3 Å². The van der Waals surface area contributed by atoms with Gasteiger partial charge in [0.2, 0.25) is 0 Å². The SMILES string of the molecule is N#CCCNc1cccc(-c2c[nH]c3ncc(Nc4ccc(C5CNCCO5)cc4)nc23)c1. The lowest BCUT2D eigenvalue weighted by molar-refractivity contribution is 0.0277. The zero-order valence-electron chi connectivity index (χ0n) is 18.1. The summed E-state index contributed by atoms with van der Waals surface area (Å²) in [5.41, 5.74) is 6.60. The van der Waals surface area contributed by atoms with Crippen molar-refractivity contribution >= 4 is 28.4 Å². The van der Waals surface area contributed by atoms with Gasteiger partial charge in [0.1, 0.15) is 11.3 Å². The molecule has 5 rings (SSSR count). The van der Waals surface area contributed by atoms with Gasteiger partial charge in [0.15, 0.2) is 5.65 Å². The van der Waals surface area contributed by atoms with Crippen molar-refractivity contribution in [3.63, 3.8) is 0 Å². The summed E-state index contributed by atoms with van der Waals surface area (Å²) in [6.07, 6.45) is 4.21. The topological polar surface area (TPSA) is 111 Å². The van der Waals surface area contributed by atoms with Crippen molar-refractivity contribution in [1.82, 2.24) is 20.3 Å². The summed E-state index contributed by atoms with van der Waals surface area (Å²) in [5.74, 6) is 0.676. The molecule has 4 N–H and O–H groups in total. The van der Waals surface area contributed by atoms with Crippen LogP contribution in [0.3, 0.4) is 0 Å². The minimum atomic E-state index is 0.0940. The molecule has 2 aromatic heterocycles. The second-order valence-electron chi connectivity index (χ2n) is 7.88. The molecule has 0 spiro atoms. The quantitative estimate of drug-likeness (QED) is 0.317. The molecule has 166 valence electrons. The Balaban J connectivity index is 1.35. The van der Waals surface area contributed by atoms with Gasteiger partial charge < -0.3 is 25.7 Å². The molecular formula is C25H25N7O. The lowest BCUT2D eigenvalue weighted by atomic mass is 10.1. The third-order valence-electron chi connectivity index (χ3n) is 5.60. The van der Waals surface area contributed by atoms with Crippen molar-refractivity contribution in [3.8, 4) is 17.2 Å². The first-order valence-electron chi connectivity index (χ1n) is 11.0. The van der Waals surface area contributed by atoms with E-state index in [0.29, 0.717) is 18.8 Å². The number of H-pyrrole nitrogens is 1. The number of ether oxygens (including phenoxy) is 1. The van der Waals surface area contributed by atoms with Gasteiger partial charge in [-0.2, -0.15) is 5.26 Å². The maximum Gasteiger partial charge on any atom is 0.156 e. The highest BCUT2D eigenvalue weighted by Gasteiger charge is 2.15. The highest BCUT2D eigenvalue weighted by Crippen LogP contribution is 2.30. The average molecular weight is 440 g/mol. The van der Waals surface area contributed by atoms with E-state index in [1.54, 1.807) is 6.20 Å². The second-order valence-corrected chi connectivity index (χ2v) is 7.88. The van der Waals surface area contributed by atoms with Crippen LogP contribution in [0.15, 0.2) is 60.9 Å². The number of benzene rings is 2. The molecule has 3 heterocycles. The van der Waals surface area contributed by atoms with E-state index in [1.807, 2.05) is 36.5 Å². The number of fused-ring (bicyclic) bond motifs is 1. The van der Waals surface area contributed by atoms with Crippen LogP contribution in [0.5, 0.6) is 0 Å². The first-order valence-corrected chi connectivity index (χ1v) is 11.0. The van der Waals surface area contributed by atoms with Crippen molar-refractivity contribution < 1.29 is 4.74 Å². The molecular weight excluding hydrogens is 414 g/mol. The van der Waals surface area contributed by atoms with E-state index in [1.165, 1.54) is 0 Å². The van der Waals surface area contributed by atoms with Crippen LogP contribution >= 0.6 is 0 Å². The smallest absolute Gasteiger partial charge is 0.156 e. The standard InChI is InChI=1S/C25H25N7O/c26-9-2-10-28-20-4-1-3-18(13-20)21-14-29-25-24(21)32-23(16-30-25)31-19-7-5-17(6-8-19)22-15-27-11-12-33-22/h1,3-8,13-14,16,22,27-28H,2,10-12,15H2,(H,29,30)(H,31,32). The summed E-state index contributed by atoms with van der Waals surface area (Å²) >= 11 is 0. The molecule has 0 bridgehead atoms. The molecule has 4 aromatic rings.